The first-order valence-corrected chi connectivity index (χ1v) is 16.8. The zero-order valence-electron chi connectivity index (χ0n) is 25.5. The maximum Gasteiger partial charge on any atom is 0.119 e. The second-order valence-corrected chi connectivity index (χ2v) is 14.6. The van der Waals surface area contributed by atoms with Crippen molar-refractivity contribution in [1.29, 1.82) is 0 Å². The Hall–Kier alpha value is -1.66. The van der Waals surface area contributed by atoms with Gasteiger partial charge < -0.3 is 19.5 Å². The average Bonchev–Trinajstić information content (AvgIpc) is 3.61. The fourth-order valence-electron chi connectivity index (χ4n) is 10.1. The second kappa shape index (κ2) is 11.4. The standard InChI is InChI=1S/C36H52N2O3/c1-35-12-10-29(38-14-3-4-15-38)25-28(35)8-9-31-32(35)11-13-36(2)33(31)24-27(34(36)39)22-26-6-5-7-30(23-26)41-21-18-37-16-19-40-20-17-37/h5-8,22-23,29,31-34,39H,3-4,9-21,24-25H2,1-2H3/b27-22+/t29-,31+,32-,33-,34-,35-,36-/m0/s1. The molecule has 7 rings (SSSR count). The van der Waals surface area contributed by atoms with E-state index in [0.29, 0.717) is 23.9 Å². The van der Waals surface area contributed by atoms with E-state index in [0.717, 1.165) is 69.0 Å². The van der Waals surface area contributed by atoms with E-state index in [9.17, 15) is 5.11 Å². The van der Waals surface area contributed by atoms with Crippen LogP contribution in [0.15, 0.2) is 41.5 Å². The summed E-state index contributed by atoms with van der Waals surface area (Å²) in [6.45, 7) is 12.9. The van der Waals surface area contributed by atoms with Crippen LogP contribution in [0.1, 0.15) is 77.2 Å². The molecule has 0 radical (unpaired) electrons. The number of morpholine rings is 1. The molecule has 1 aromatic carbocycles. The van der Waals surface area contributed by atoms with Gasteiger partial charge >= 0.3 is 0 Å². The van der Waals surface area contributed by atoms with E-state index in [4.69, 9.17) is 9.47 Å². The molecule has 0 unspecified atom stereocenters. The first-order chi connectivity index (χ1) is 19.9. The molecule has 224 valence electrons. The third kappa shape index (κ3) is 5.24. The minimum atomic E-state index is -0.344. The minimum Gasteiger partial charge on any atom is -0.492 e. The molecule has 6 aliphatic rings. The van der Waals surface area contributed by atoms with Crippen LogP contribution in [0.25, 0.3) is 6.08 Å². The van der Waals surface area contributed by atoms with Gasteiger partial charge in [-0.15, -0.1) is 0 Å². The van der Waals surface area contributed by atoms with Crippen LogP contribution in [0.2, 0.25) is 0 Å². The zero-order valence-corrected chi connectivity index (χ0v) is 25.5. The Morgan fingerprint density at radius 3 is 2.68 bits per heavy atom. The van der Waals surface area contributed by atoms with E-state index in [1.807, 2.05) is 0 Å². The number of benzene rings is 1. The van der Waals surface area contributed by atoms with Crippen LogP contribution in [-0.4, -0.2) is 79.6 Å². The van der Waals surface area contributed by atoms with Crippen LogP contribution in [0.5, 0.6) is 5.75 Å². The molecule has 41 heavy (non-hydrogen) atoms. The van der Waals surface area contributed by atoms with Gasteiger partial charge in [0, 0.05) is 31.1 Å². The summed E-state index contributed by atoms with van der Waals surface area (Å²) >= 11 is 0. The minimum absolute atomic E-state index is 0.00623. The quantitative estimate of drug-likeness (QED) is 0.421. The molecule has 2 saturated heterocycles. The molecule has 1 N–H and O–H groups in total. The van der Waals surface area contributed by atoms with Gasteiger partial charge in [-0.25, -0.2) is 0 Å². The molecule has 0 aromatic heterocycles. The van der Waals surface area contributed by atoms with Crippen molar-refractivity contribution in [3.05, 3.63) is 47.1 Å². The van der Waals surface area contributed by atoms with Gasteiger partial charge in [-0.05, 0) is 117 Å². The highest BCUT2D eigenvalue weighted by atomic mass is 16.5. The third-order valence-corrected chi connectivity index (χ3v) is 12.6. The molecule has 0 bridgehead atoms. The van der Waals surface area contributed by atoms with E-state index >= 15 is 0 Å². The lowest BCUT2D eigenvalue weighted by atomic mass is 9.48. The number of aliphatic hydroxyl groups excluding tert-OH is 1. The molecule has 5 fully saturated rings. The first-order valence-electron chi connectivity index (χ1n) is 16.8. The fraction of sp³-hybridized carbons (Fsp3) is 0.722. The molecule has 0 amide bonds. The topological polar surface area (TPSA) is 45.2 Å². The van der Waals surface area contributed by atoms with Crippen LogP contribution in [0, 0.1) is 28.6 Å². The van der Waals surface area contributed by atoms with Gasteiger partial charge in [0.2, 0.25) is 0 Å². The monoisotopic (exact) mass is 560 g/mol. The number of allylic oxidation sites excluding steroid dienone is 1. The Balaban J connectivity index is 1.04. The molecule has 5 heteroatoms. The smallest absolute Gasteiger partial charge is 0.119 e. The highest BCUT2D eigenvalue weighted by molar-refractivity contribution is 5.57. The van der Waals surface area contributed by atoms with Crippen molar-refractivity contribution in [2.75, 3.05) is 52.5 Å². The zero-order chi connectivity index (χ0) is 28.0. The maximum atomic E-state index is 11.8. The highest BCUT2D eigenvalue weighted by Gasteiger charge is 2.59. The van der Waals surface area contributed by atoms with Crippen molar-refractivity contribution in [2.24, 2.45) is 28.6 Å². The summed E-state index contributed by atoms with van der Waals surface area (Å²) in [5.41, 5.74) is 4.53. The van der Waals surface area contributed by atoms with Gasteiger partial charge in [0.25, 0.3) is 0 Å². The molecule has 1 aromatic rings. The van der Waals surface area contributed by atoms with E-state index < -0.39 is 0 Å². The summed E-state index contributed by atoms with van der Waals surface area (Å²) in [5.74, 6) is 2.96. The Bertz CT molecular complexity index is 1150. The summed E-state index contributed by atoms with van der Waals surface area (Å²) in [6, 6.07) is 9.25. The predicted molar refractivity (Wildman–Crippen MR) is 165 cm³/mol. The number of aliphatic hydroxyl groups is 1. The van der Waals surface area contributed by atoms with E-state index in [2.05, 4.69) is 60.1 Å². The molecule has 2 heterocycles. The Morgan fingerprint density at radius 2 is 1.85 bits per heavy atom. The summed E-state index contributed by atoms with van der Waals surface area (Å²) in [6.07, 6.45) is 16.1. The summed E-state index contributed by atoms with van der Waals surface area (Å²) in [4.78, 5) is 5.20. The van der Waals surface area contributed by atoms with Crippen LogP contribution < -0.4 is 4.74 Å². The number of rotatable bonds is 6. The molecule has 7 atom stereocenters. The number of fused-ring (bicyclic) bond motifs is 5. The van der Waals surface area contributed by atoms with E-state index in [1.54, 1.807) is 5.57 Å². The van der Waals surface area contributed by atoms with Crippen molar-refractivity contribution in [1.82, 2.24) is 9.80 Å². The number of likely N-dealkylation sites (tertiary alicyclic amines) is 1. The number of nitrogens with zero attached hydrogens (tertiary/aromatic N) is 2. The average molecular weight is 561 g/mol. The van der Waals surface area contributed by atoms with Crippen LogP contribution in [0.4, 0.5) is 0 Å². The van der Waals surface area contributed by atoms with Crippen molar-refractivity contribution in [3.8, 4) is 5.75 Å². The normalized spacial score (nSPS) is 40.6. The molecule has 5 nitrogen and oxygen atoms in total. The lowest BCUT2D eigenvalue weighted by Gasteiger charge is -2.58. The van der Waals surface area contributed by atoms with Gasteiger partial charge in [-0.3, -0.25) is 4.90 Å². The highest BCUT2D eigenvalue weighted by Crippen LogP contribution is 2.66. The lowest BCUT2D eigenvalue weighted by Crippen LogP contribution is -2.52. The Labute approximate surface area is 248 Å². The van der Waals surface area contributed by atoms with Crippen LogP contribution >= 0.6 is 0 Å². The van der Waals surface area contributed by atoms with Gasteiger partial charge in [0.1, 0.15) is 12.4 Å². The molecule has 4 aliphatic carbocycles. The van der Waals surface area contributed by atoms with Gasteiger partial charge in [0.15, 0.2) is 0 Å². The first kappa shape index (κ1) is 28.1. The summed E-state index contributed by atoms with van der Waals surface area (Å²) < 4.78 is 11.6. The summed E-state index contributed by atoms with van der Waals surface area (Å²) in [5, 5.41) is 11.8. The summed E-state index contributed by atoms with van der Waals surface area (Å²) in [7, 11) is 0. The number of ether oxygens (including phenoxy) is 2. The van der Waals surface area contributed by atoms with E-state index in [-0.39, 0.29) is 11.5 Å². The predicted octanol–water partition coefficient (Wildman–Crippen LogP) is 6.18. The molecular formula is C36H52N2O3. The van der Waals surface area contributed by atoms with Crippen molar-refractivity contribution < 1.29 is 14.6 Å². The van der Waals surface area contributed by atoms with Crippen molar-refractivity contribution >= 4 is 6.08 Å². The third-order valence-electron chi connectivity index (χ3n) is 12.6. The largest absolute Gasteiger partial charge is 0.492 e. The lowest BCUT2D eigenvalue weighted by molar-refractivity contribution is -0.0662. The van der Waals surface area contributed by atoms with Gasteiger partial charge in [-0.1, -0.05) is 43.7 Å². The van der Waals surface area contributed by atoms with Crippen molar-refractivity contribution in [2.45, 2.75) is 83.8 Å². The second-order valence-electron chi connectivity index (χ2n) is 14.6. The number of hydrogen-bond donors (Lipinski definition) is 1. The number of hydrogen-bond acceptors (Lipinski definition) is 5. The van der Waals surface area contributed by atoms with Crippen LogP contribution in [-0.2, 0) is 4.74 Å². The molecular weight excluding hydrogens is 508 g/mol. The Kier molecular flexibility index (Phi) is 7.85. The van der Waals surface area contributed by atoms with Gasteiger partial charge in [-0.2, -0.15) is 0 Å². The van der Waals surface area contributed by atoms with E-state index in [1.165, 1.54) is 63.6 Å². The molecule has 2 aliphatic heterocycles. The van der Waals surface area contributed by atoms with Gasteiger partial charge in [0.05, 0.1) is 19.3 Å². The molecule has 3 saturated carbocycles. The molecule has 0 spiro atoms. The SMILES string of the molecule is C[C@]12CC[C@H]3[C@@H](CC=C4C[C@@H](N5CCCC5)CC[C@@]43C)[C@@H]1C/C(=C\c1cccc(OCCN3CCOCC3)c1)[C@@H]2O. The Morgan fingerprint density at radius 1 is 1.02 bits per heavy atom. The van der Waals surface area contributed by atoms with Crippen molar-refractivity contribution in [3.63, 3.8) is 0 Å². The maximum absolute atomic E-state index is 11.8. The fourth-order valence-corrected chi connectivity index (χ4v) is 10.1. The van der Waals surface area contributed by atoms with Crippen LogP contribution in [0.3, 0.4) is 0 Å².